The number of hydrogen-bond donors (Lipinski definition) is 1. The Labute approximate surface area is 98.5 Å². The first kappa shape index (κ1) is 17.0. The van der Waals surface area contributed by atoms with Gasteiger partial charge in [0, 0.05) is 6.92 Å². The Morgan fingerprint density at radius 3 is 1.71 bits per heavy atom. The zero-order chi connectivity index (χ0) is 11.4. The molecule has 4 heteroatoms. The van der Waals surface area contributed by atoms with E-state index in [0.717, 1.165) is 6.92 Å². The molecule has 0 fully saturated rings. The number of carboxylic acid groups (broad SMARTS) is 1. The first-order chi connectivity index (χ1) is 6.54. The molecule has 0 aromatic carbocycles. The van der Waals surface area contributed by atoms with Gasteiger partial charge < -0.3 is 5.11 Å². The molecule has 0 rings (SSSR count). The van der Waals surface area contributed by atoms with Gasteiger partial charge in [-0.25, -0.2) is 0 Å². The van der Waals surface area contributed by atoms with Gasteiger partial charge in [-0.15, -0.1) is 0 Å². The van der Waals surface area contributed by atoms with Crippen LogP contribution < -0.4 is 0 Å². The van der Waals surface area contributed by atoms with Crippen LogP contribution in [0, 0.1) is 0 Å². The van der Waals surface area contributed by atoms with Crippen molar-refractivity contribution in [3.63, 3.8) is 0 Å². The second kappa shape index (κ2) is 13.6. The Bertz CT molecular complexity index is 119. The third-order valence-corrected chi connectivity index (χ3v) is 9.25. The second-order valence-corrected chi connectivity index (χ2v) is 12.6. The normalized spacial score (nSPS) is 9.50. The summed E-state index contributed by atoms with van der Waals surface area (Å²) in [6, 6.07) is 0. The first-order valence-corrected chi connectivity index (χ1v) is 12.9. The van der Waals surface area contributed by atoms with Gasteiger partial charge in [-0.2, -0.15) is 0 Å². The molecule has 0 bridgehead atoms. The Balaban J connectivity index is 0. The zero-order valence-corrected chi connectivity index (χ0v) is 13.1. The average molecular weight is 328 g/mol. The Morgan fingerprint density at radius 1 is 1.21 bits per heavy atom. The van der Waals surface area contributed by atoms with E-state index in [2.05, 4.69) is 13.8 Å². The molecule has 0 aromatic rings. The van der Waals surface area contributed by atoms with Gasteiger partial charge in [0.05, 0.1) is 0 Å². The molecule has 0 unspecified atom stereocenters. The summed E-state index contributed by atoms with van der Waals surface area (Å²) < 4.78 is 2.81. The molecular weight excluding hydrogens is 306 g/mol. The van der Waals surface area contributed by atoms with Crippen LogP contribution in [0.4, 0.5) is 0 Å². The molecule has 1 radical (unpaired) electrons. The van der Waals surface area contributed by atoms with Crippen LogP contribution in [0.1, 0.15) is 46.5 Å². The molecule has 1 N–H and O–H groups in total. The van der Waals surface area contributed by atoms with Gasteiger partial charge in [-0.3, -0.25) is 4.79 Å². The maximum absolute atomic E-state index is 9.00. The minimum atomic E-state index is -1.27. The zero-order valence-electron chi connectivity index (χ0n) is 9.48. The predicted octanol–water partition coefficient (Wildman–Crippen LogP) is 3.91. The van der Waals surface area contributed by atoms with E-state index in [0.29, 0.717) is 0 Å². The molecule has 85 valence electrons. The molecular formula is C10H22ClO2Sn. The van der Waals surface area contributed by atoms with Crippen molar-refractivity contribution in [3.8, 4) is 0 Å². The second-order valence-electron chi connectivity index (χ2n) is 3.24. The summed E-state index contributed by atoms with van der Waals surface area (Å²) in [7, 11) is 6.24. The topological polar surface area (TPSA) is 37.3 Å². The molecule has 0 aliphatic carbocycles. The van der Waals surface area contributed by atoms with Gasteiger partial charge in [0.15, 0.2) is 0 Å². The van der Waals surface area contributed by atoms with Gasteiger partial charge in [0.2, 0.25) is 0 Å². The van der Waals surface area contributed by atoms with E-state index in [9.17, 15) is 0 Å². The summed E-state index contributed by atoms with van der Waals surface area (Å²) in [6.45, 7) is 5.57. The molecule has 0 saturated carbocycles. The number of unbranched alkanes of at least 4 members (excludes halogenated alkanes) is 2. The molecule has 2 nitrogen and oxygen atoms in total. The molecule has 0 amide bonds. The van der Waals surface area contributed by atoms with Crippen LogP contribution in [0.5, 0.6) is 0 Å². The van der Waals surface area contributed by atoms with Gasteiger partial charge in [0.25, 0.3) is 5.97 Å². The number of rotatable bonds is 6. The summed E-state index contributed by atoms with van der Waals surface area (Å²) in [5.74, 6) is -0.833. The summed E-state index contributed by atoms with van der Waals surface area (Å²) in [4.78, 5) is 9.00. The van der Waals surface area contributed by atoms with Crippen molar-refractivity contribution in [3.05, 3.63) is 0 Å². The van der Waals surface area contributed by atoms with Crippen LogP contribution in [0.2, 0.25) is 8.87 Å². The first-order valence-electron chi connectivity index (χ1n) is 5.24. The van der Waals surface area contributed by atoms with Crippen LogP contribution in [0.3, 0.4) is 0 Å². The standard InChI is InChI=1S/2C4H9.C2H4O2.ClH.Sn/c2*1-3-4-2;1-2(3)4;;/h2*1,3-4H2,2H3;1H3,(H,3,4);1H;/q;;;;+1/p-1. The molecule has 14 heavy (non-hydrogen) atoms. The fraction of sp³-hybridized carbons (Fsp3) is 0.900. The number of aliphatic carboxylic acids is 1. The summed E-state index contributed by atoms with van der Waals surface area (Å²) >= 11 is -1.27. The van der Waals surface area contributed by atoms with Crippen LogP contribution in [-0.4, -0.2) is 29.7 Å². The number of carboxylic acids is 1. The van der Waals surface area contributed by atoms with E-state index in [1.54, 1.807) is 0 Å². The summed E-state index contributed by atoms with van der Waals surface area (Å²) in [5.41, 5.74) is 0. The minimum absolute atomic E-state index is 0.833. The van der Waals surface area contributed by atoms with E-state index in [1.807, 2.05) is 0 Å². The van der Waals surface area contributed by atoms with Crippen molar-refractivity contribution in [2.75, 3.05) is 0 Å². The van der Waals surface area contributed by atoms with E-state index >= 15 is 0 Å². The van der Waals surface area contributed by atoms with Crippen LogP contribution in [0.25, 0.3) is 0 Å². The van der Waals surface area contributed by atoms with Gasteiger partial charge in [-0.1, -0.05) is 0 Å². The molecule has 0 heterocycles. The van der Waals surface area contributed by atoms with E-state index in [-0.39, 0.29) is 0 Å². The third-order valence-electron chi connectivity index (χ3n) is 1.60. The van der Waals surface area contributed by atoms with Crippen molar-refractivity contribution in [2.24, 2.45) is 0 Å². The van der Waals surface area contributed by atoms with Crippen LogP contribution in [0.15, 0.2) is 0 Å². The molecule has 0 spiro atoms. The molecule has 0 atom stereocenters. The van der Waals surface area contributed by atoms with Crippen molar-refractivity contribution in [1.29, 1.82) is 0 Å². The van der Waals surface area contributed by atoms with Crippen molar-refractivity contribution in [2.45, 2.75) is 55.3 Å². The Morgan fingerprint density at radius 2 is 1.50 bits per heavy atom. The summed E-state index contributed by atoms with van der Waals surface area (Å²) in [6.07, 6.45) is 5.40. The van der Waals surface area contributed by atoms with E-state index < -0.39 is 24.6 Å². The number of carbonyl (C=O) groups is 1. The third kappa shape index (κ3) is 22.9. The molecule has 0 aromatic heterocycles. The van der Waals surface area contributed by atoms with Gasteiger partial charge >= 0.3 is 76.0 Å². The monoisotopic (exact) mass is 329 g/mol. The fourth-order valence-corrected chi connectivity index (χ4v) is 7.58. The SMILES string of the molecule is CC(=O)O.CCC[CH2][Sn]([Cl])[CH2]CCC. The Hall–Kier alpha value is 0.559. The molecule has 0 saturated heterocycles. The van der Waals surface area contributed by atoms with Crippen LogP contribution >= 0.6 is 8.92 Å². The fourth-order valence-electron chi connectivity index (χ4n) is 0.862. The number of hydrogen-bond acceptors (Lipinski definition) is 1. The van der Waals surface area contributed by atoms with Gasteiger partial charge in [0.1, 0.15) is 0 Å². The van der Waals surface area contributed by atoms with Gasteiger partial charge in [-0.05, 0) is 0 Å². The molecule has 0 aliphatic rings. The average Bonchev–Trinajstić information content (AvgIpc) is 2.10. The van der Waals surface area contributed by atoms with E-state index in [4.69, 9.17) is 18.8 Å². The maximum atomic E-state index is 9.00. The van der Waals surface area contributed by atoms with Crippen molar-refractivity contribution in [1.82, 2.24) is 0 Å². The van der Waals surface area contributed by atoms with E-state index in [1.165, 1.54) is 34.6 Å². The predicted molar refractivity (Wildman–Crippen MR) is 64.3 cm³/mol. The summed E-state index contributed by atoms with van der Waals surface area (Å²) in [5, 5.41) is 7.42. The quantitative estimate of drug-likeness (QED) is 0.751. The Kier molecular flexibility index (Phi) is 16.4. The van der Waals surface area contributed by atoms with Crippen LogP contribution in [-0.2, 0) is 4.79 Å². The van der Waals surface area contributed by atoms with Crippen molar-refractivity contribution < 1.29 is 9.90 Å². The van der Waals surface area contributed by atoms with Crippen molar-refractivity contribution >= 4 is 33.5 Å². The number of halogens is 1. The molecule has 0 aliphatic heterocycles.